The second kappa shape index (κ2) is 7.96. The smallest absolute Gasteiger partial charge is 0.338 e. The predicted molar refractivity (Wildman–Crippen MR) is 109 cm³/mol. The highest BCUT2D eigenvalue weighted by atomic mass is 16.5. The zero-order valence-electron chi connectivity index (χ0n) is 15.8. The van der Waals surface area contributed by atoms with Crippen LogP contribution in [0.2, 0.25) is 0 Å². The van der Waals surface area contributed by atoms with E-state index in [9.17, 15) is 9.59 Å². The van der Waals surface area contributed by atoms with Gasteiger partial charge in [0.25, 0.3) is 0 Å². The number of ether oxygens (including phenoxy) is 2. The first-order valence-electron chi connectivity index (χ1n) is 8.66. The maximum Gasteiger partial charge on any atom is 0.338 e. The van der Waals surface area contributed by atoms with E-state index in [-0.39, 0.29) is 16.8 Å². The van der Waals surface area contributed by atoms with E-state index >= 15 is 0 Å². The van der Waals surface area contributed by atoms with Gasteiger partial charge in [0.05, 0.1) is 5.39 Å². The first-order chi connectivity index (χ1) is 13.3. The van der Waals surface area contributed by atoms with Crippen molar-refractivity contribution in [2.75, 3.05) is 6.61 Å². The summed E-state index contributed by atoms with van der Waals surface area (Å²) >= 11 is 0. The van der Waals surface area contributed by atoms with E-state index in [1.165, 1.54) is 12.1 Å². The molecular weight excluding hydrogens is 356 g/mol. The SMILES string of the molecule is C=C(C)COc1ccc(-c2cc(=O)c3cc(OC(=O)C(=C)C)ccc3o2)cc1. The van der Waals surface area contributed by atoms with Crippen LogP contribution in [0, 0.1) is 0 Å². The molecule has 1 aromatic heterocycles. The van der Waals surface area contributed by atoms with Gasteiger partial charge in [-0.05, 0) is 61.9 Å². The highest BCUT2D eigenvalue weighted by molar-refractivity contribution is 5.89. The molecule has 0 atom stereocenters. The summed E-state index contributed by atoms with van der Waals surface area (Å²) in [5, 5.41) is 0.331. The Hall–Kier alpha value is -3.60. The summed E-state index contributed by atoms with van der Waals surface area (Å²) in [5.74, 6) is 0.864. The zero-order valence-corrected chi connectivity index (χ0v) is 15.8. The van der Waals surface area contributed by atoms with Crippen LogP contribution in [0.1, 0.15) is 13.8 Å². The maximum atomic E-state index is 12.5. The number of hydrogen-bond donors (Lipinski definition) is 0. The Morgan fingerprint density at radius 1 is 1.00 bits per heavy atom. The van der Waals surface area contributed by atoms with E-state index in [2.05, 4.69) is 13.2 Å². The van der Waals surface area contributed by atoms with Crippen molar-refractivity contribution in [2.24, 2.45) is 0 Å². The molecule has 142 valence electrons. The minimum Gasteiger partial charge on any atom is -0.489 e. The Balaban J connectivity index is 1.89. The first kappa shape index (κ1) is 19.2. The largest absolute Gasteiger partial charge is 0.489 e. The zero-order chi connectivity index (χ0) is 20.3. The Morgan fingerprint density at radius 2 is 1.68 bits per heavy atom. The van der Waals surface area contributed by atoms with Crippen molar-refractivity contribution in [3.8, 4) is 22.8 Å². The van der Waals surface area contributed by atoms with Gasteiger partial charge in [0, 0.05) is 17.2 Å². The molecule has 0 spiro atoms. The molecule has 0 bridgehead atoms. The van der Waals surface area contributed by atoms with Crippen LogP contribution in [-0.4, -0.2) is 12.6 Å². The van der Waals surface area contributed by atoms with Crippen molar-refractivity contribution in [1.29, 1.82) is 0 Å². The van der Waals surface area contributed by atoms with Crippen molar-refractivity contribution >= 4 is 16.9 Å². The minimum absolute atomic E-state index is 0.230. The first-order valence-corrected chi connectivity index (χ1v) is 8.66. The molecule has 0 saturated heterocycles. The molecule has 0 aliphatic heterocycles. The average molecular weight is 376 g/mol. The Labute approximate surface area is 162 Å². The number of benzene rings is 2. The van der Waals surface area contributed by atoms with Gasteiger partial charge in [-0.2, -0.15) is 0 Å². The van der Waals surface area contributed by atoms with Gasteiger partial charge in [-0.25, -0.2) is 4.79 Å². The summed E-state index contributed by atoms with van der Waals surface area (Å²) < 4.78 is 16.6. The fourth-order valence-electron chi connectivity index (χ4n) is 2.46. The van der Waals surface area contributed by atoms with Gasteiger partial charge in [-0.3, -0.25) is 4.79 Å². The molecule has 28 heavy (non-hydrogen) atoms. The van der Waals surface area contributed by atoms with Crippen molar-refractivity contribution in [1.82, 2.24) is 0 Å². The van der Waals surface area contributed by atoms with Gasteiger partial charge < -0.3 is 13.9 Å². The standard InChI is InChI=1S/C23H20O5/c1-14(2)13-26-17-7-5-16(6-8-17)22-12-20(24)19-11-18(9-10-21(19)28-22)27-23(25)15(3)4/h5-12H,1,3,13H2,2,4H3. The quantitative estimate of drug-likeness (QED) is 0.265. The summed E-state index contributed by atoms with van der Waals surface area (Å²) in [4.78, 5) is 24.2. The third kappa shape index (κ3) is 4.38. The van der Waals surface area contributed by atoms with Crippen LogP contribution in [0.15, 0.2) is 82.0 Å². The average Bonchev–Trinajstić information content (AvgIpc) is 2.67. The highest BCUT2D eigenvalue weighted by Gasteiger charge is 2.11. The van der Waals surface area contributed by atoms with Crippen LogP contribution < -0.4 is 14.9 Å². The molecule has 2 aromatic carbocycles. The van der Waals surface area contributed by atoms with Crippen molar-refractivity contribution in [3.05, 3.63) is 83.1 Å². The summed E-state index contributed by atoms with van der Waals surface area (Å²) in [6.07, 6.45) is 0. The molecule has 3 aromatic rings. The van der Waals surface area contributed by atoms with Crippen molar-refractivity contribution in [3.63, 3.8) is 0 Å². The molecule has 0 fully saturated rings. The summed E-state index contributed by atoms with van der Waals surface area (Å²) in [6, 6.07) is 13.3. The highest BCUT2D eigenvalue weighted by Crippen LogP contribution is 2.26. The molecule has 0 N–H and O–H groups in total. The minimum atomic E-state index is -0.547. The molecule has 0 aliphatic carbocycles. The van der Waals surface area contributed by atoms with Crippen LogP contribution >= 0.6 is 0 Å². The number of carbonyl (C=O) groups is 1. The van der Waals surface area contributed by atoms with E-state index in [1.807, 2.05) is 31.2 Å². The predicted octanol–water partition coefficient (Wildman–Crippen LogP) is 4.90. The Bertz CT molecular complexity index is 1120. The normalized spacial score (nSPS) is 10.5. The van der Waals surface area contributed by atoms with Gasteiger partial charge in [-0.1, -0.05) is 13.2 Å². The van der Waals surface area contributed by atoms with E-state index in [1.54, 1.807) is 19.1 Å². The molecule has 3 rings (SSSR count). The third-order valence-electron chi connectivity index (χ3n) is 3.88. The number of hydrogen-bond acceptors (Lipinski definition) is 5. The monoisotopic (exact) mass is 376 g/mol. The summed E-state index contributed by atoms with van der Waals surface area (Å²) in [6.45, 7) is 11.2. The van der Waals surface area contributed by atoms with Crippen molar-refractivity contribution < 1.29 is 18.7 Å². The van der Waals surface area contributed by atoms with Gasteiger partial charge in [0.15, 0.2) is 5.43 Å². The lowest BCUT2D eigenvalue weighted by Crippen LogP contribution is -2.08. The Kier molecular flexibility index (Phi) is 5.45. The lowest BCUT2D eigenvalue weighted by molar-refractivity contribution is -0.130. The molecule has 0 amide bonds. The van der Waals surface area contributed by atoms with E-state index in [4.69, 9.17) is 13.9 Å². The second-order valence-electron chi connectivity index (χ2n) is 6.57. The molecule has 5 nitrogen and oxygen atoms in total. The number of esters is 1. The number of rotatable bonds is 6. The molecule has 0 aliphatic rings. The lowest BCUT2D eigenvalue weighted by Gasteiger charge is -2.08. The molecule has 0 radical (unpaired) electrons. The maximum absolute atomic E-state index is 12.5. The fourth-order valence-corrected chi connectivity index (χ4v) is 2.46. The van der Waals surface area contributed by atoms with E-state index < -0.39 is 5.97 Å². The van der Waals surface area contributed by atoms with Gasteiger partial charge >= 0.3 is 5.97 Å². The van der Waals surface area contributed by atoms with E-state index in [0.717, 1.165) is 11.1 Å². The van der Waals surface area contributed by atoms with Crippen molar-refractivity contribution in [2.45, 2.75) is 13.8 Å². The second-order valence-corrected chi connectivity index (χ2v) is 6.57. The van der Waals surface area contributed by atoms with Gasteiger partial charge in [0.2, 0.25) is 0 Å². The molecule has 5 heteroatoms. The third-order valence-corrected chi connectivity index (χ3v) is 3.88. The van der Waals surface area contributed by atoms with Crippen LogP contribution in [0.5, 0.6) is 11.5 Å². The topological polar surface area (TPSA) is 65.7 Å². The van der Waals surface area contributed by atoms with Crippen LogP contribution in [-0.2, 0) is 4.79 Å². The van der Waals surface area contributed by atoms with E-state index in [0.29, 0.717) is 29.1 Å². The Morgan fingerprint density at radius 3 is 2.32 bits per heavy atom. The van der Waals surface area contributed by atoms with Crippen LogP contribution in [0.25, 0.3) is 22.3 Å². The molecular formula is C23H20O5. The van der Waals surface area contributed by atoms with Gasteiger partial charge in [-0.15, -0.1) is 0 Å². The summed E-state index contributed by atoms with van der Waals surface area (Å²) in [5.41, 5.74) is 2.13. The molecule has 0 saturated carbocycles. The lowest BCUT2D eigenvalue weighted by atomic mass is 10.1. The van der Waals surface area contributed by atoms with Crippen LogP contribution in [0.4, 0.5) is 0 Å². The van der Waals surface area contributed by atoms with Crippen LogP contribution in [0.3, 0.4) is 0 Å². The molecule has 0 unspecified atom stereocenters. The number of carbonyl (C=O) groups excluding carboxylic acids is 1. The van der Waals surface area contributed by atoms with Gasteiger partial charge in [0.1, 0.15) is 29.4 Å². The molecule has 1 heterocycles. The fraction of sp³-hybridized carbons (Fsp3) is 0.130. The summed E-state index contributed by atoms with van der Waals surface area (Å²) in [7, 11) is 0. The number of fused-ring (bicyclic) bond motifs is 1.